The van der Waals surface area contributed by atoms with Crippen LogP contribution in [0.4, 0.5) is 0 Å². The van der Waals surface area contributed by atoms with E-state index in [9.17, 15) is 0 Å². The van der Waals surface area contributed by atoms with Gasteiger partial charge in [0.2, 0.25) is 0 Å². The maximum Gasteiger partial charge on any atom is 0.0705 e. The number of aliphatic hydroxyl groups is 1. The van der Waals surface area contributed by atoms with Crippen molar-refractivity contribution in [2.24, 2.45) is 0 Å². The minimum atomic E-state index is 0.0370. The molecule has 0 aliphatic heterocycles. The Bertz CT molecular complexity index is 168. The van der Waals surface area contributed by atoms with Crippen LogP contribution in [0.15, 0.2) is 18.3 Å². The Labute approximate surface area is 60.1 Å². The van der Waals surface area contributed by atoms with Gasteiger partial charge in [0.05, 0.1) is 12.6 Å². The maximum absolute atomic E-state index is 8.82. The average molecular weight is 140 g/mol. The van der Waals surface area contributed by atoms with Crippen LogP contribution in [-0.4, -0.2) is 23.7 Å². The zero-order chi connectivity index (χ0) is 7.40. The summed E-state index contributed by atoms with van der Waals surface area (Å²) in [4.78, 5) is 3.02. The molecule has 3 nitrogen and oxygen atoms in total. The zero-order valence-corrected chi connectivity index (χ0v) is 5.96. The van der Waals surface area contributed by atoms with E-state index in [2.05, 4.69) is 10.3 Å². The lowest BCUT2D eigenvalue weighted by Gasteiger charge is -2.09. The van der Waals surface area contributed by atoms with Crippen LogP contribution in [0.1, 0.15) is 11.7 Å². The molecule has 0 bridgehead atoms. The van der Waals surface area contributed by atoms with E-state index in [1.54, 1.807) is 0 Å². The molecule has 0 radical (unpaired) electrons. The van der Waals surface area contributed by atoms with Gasteiger partial charge in [-0.3, -0.25) is 0 Å². The Morgan fingerprint density at radius 1 is 1.80 bits per heavy atom. The first kappa shape index (κ1) is 7.31. The van der Waals surface area contributed by atoms with Crippen molar-refractivity contribution in [1.82, 2.24) is 10.3 Å². The van der Waals surface area contributed by atoms with Crippen LogP contribution in [0.5, 0.6) is 0 Å². The number of rotatable bonds is 3. The summed E-state index contributed by atoms with van der Waals surface area (Å²) in [7, 11) is 1.82. The number of aromatic amines is 1. The van der Waals surface area contributed by atoms with Crippen LogP contribution in [0, 0.1) is 0 Å². The fraction of sp³-hybridized carbons (Fsp3) is 0.429. The molecule has 0 aliphatic rings. The van der Waals surface area contributed by atoms with E-state index >= 15 is 0 Å². The van der Waals surface area contributed by atoms with Crippen LogP contribution in [0.3, 0.4) is 0 Å². The van der Waals surface area contributed by atoms with Crippen LogP contribution in [0.2, 0.25) is 0 Å². The number of likely N-dealkylation sites (N-methyl/N-ethyl adjacent to an activating group) is 1. The molecule has 0 amide bonds. The van der Waals surface area contributed by atoms with E-state index in [1.807, 2.05) is 25.4 Å². The van der Waals surface area contributed by atoms with Crippen molar-refractivity contribution in [3.05, 3.63) is 24.0 Å². The van der Waals surface area contributed by atoms with Crippen molar-refractivity contribution < 1.29 is 5.11 Å². The summed E-state index contributed by atoms with van der Waals surface area (Å²) in [6, 6.07) is 3.89. The molecule has 1 aromatic rings. The van der Waals surface area contributed by atoms with Crippen LogP contribution in [0.25, 0.3) is 0 Å². The molecular weight excluding hydrogens is 128 g/mol. The molecule has 56 valence electrons. The number of H-pyrrole nitrogens is 1. The van der Waals surface area contributed by atoms with Gasteiger partial charge in [-0.2, -0.15) is 0 Å². The van der Waals surface area contributed by atoms with Gasteiger partial charge in [-0.1, -0.05) is 0 Å². The number of aliphatic hydroxyl groups excluding tert-OH is 1. The molecule has 0 aromatic carbocycles. The van der Waals surface area contributed by atoms with Crippen LogP contribution in [-0.2, 0) is 0 Å². The van der Waals surface area contributed by atoms with Gasteiger partial charge in [0.25, 0.3) is 0 Å². The van der Waals surface area contributed by atoms with Gasteiger partial charge in [-0.15, -0.1) is 0 Å². The lowest BCUT2D eigenvalue weighted by molar-refractivity contribution is 0.249. The summed E-state index contributed by atoms with van der Waals surface area (Å²) in [6.07, 6.45) is 1.84. The maximum atomic E-state index is 8.82. The van der Waals surface area contributed by atoms with Crippen LogP contribution < -0.4 is 5.32 Å². The van der Waals surface area contributed by atoms with E-state index < -0.39 is 0 Å². The molecule has 1 rings (SSSR count). The second-order valence-electron chi connectivity index (χ2n) is 2.15. The topological polar surface area (TPSA) is 48.0 Å². The lowest BCUT2D eigenvalue weighted by Crippen LogP contribution is -2.19. The van der Waals surface area contributed by atoms with Crippen LogP contribution >= 0.6 is 0 Å². The zero-order valence-electron chi connectivity index (χ0n) is 5.96. The Balaban J connectivity index is 2.64. The van der Waals surface area contributed by atoms with Gasteiger partial charge in [0.1, 0.15) is 0 Å². The predicted octanol–water partition coefficient (Wildman–Crippen LogP) is 0.268. The first-order valence-electron chi connectivity index (χ1n) is 3.30. The van der Waals surface area contributed by atoms with Gasteiger partial charge >= 0.3 is 0 Å². The fourth-order valence-electron chi connectivity index (χ4n) is 0.906. The largest absolute Gasteiger partial charge is 0.394 e. The first-order chi connectivity index (χ1) is 4.88. The highest BCUT2D eigenvalue weighted by Crippen LogP contribution is 2.06. The fourth-order valence-corrected chi connectivity index (χ4v) is 0.906. The summed E-state index contributed by atoms with van der Waals surface area (Å²) in [5.74, 6) is 0. The lowest BCUT2D eigenvalue weighted by atomic mass is 10.2. The summed E-state index contributed by atoms with van der Waals surface area (Å²) >= 11 is 0. The molecular formula is C7H12N2O. The van der Waals surface area contributed by atoms with Crippen molar-refractivity contribution >= 4 is 0 Å². The van der Waals surface area contributed by atoms with Gasteiger partial charge < -0.3 is 15.4 Å². The molecule has 0 saturated carbocycles. The Kier molecular flexibility index (Phi) is 2.48. The van der Waals surface area contributed by atoms with E-state index in [1.165, 1.54) is 0 Å². The number of aromatic nitrogens is 1. The van der Waals surface area contributed by atoms with Gasteiger partial charge in [-0.05, 0) is 19.2 Å². The van der Waals surface area contributed by atoms with Crippen molar-refractivity contribution in [2.75, 3.05) is 13.7 Å². The molecule has 10 heavy (non-hydrogen) atoms. The smallest absolute Gasteiger partial charge is 0.0705 e. The van der Waals surface area contributed by atoms with Crippen molar-refractivity contribution in [2.45, 2.75) is 6.04 Å². The second kappa shape index (κ2) is 3.39. The highest BCUT2D eigenvalue weighted by molar-refractivity contribution is 5.08. The third-order valence-electron chi connectivity index (χ3n) is 1.53. The van der Waals surface area contributed by atoms with Crippen molar-refractivity contribution in [3.8, 4) is 0 Å². The van der Waals surface area contributed by atoms with Gasteiger partial charge in [0.15, 0.2) is 0 Å². The molecule has 0 fully saturated rings. The molecule has 1 aromatic heterocycles. The predicted molar refractivity (Wildman–Crippen MR) is 39.7 cm³/mol. The quantitative estimate of drug-likeness (QED) is 0.564. The first-order valence-corrected chi connectivity index (χ1v) is 3.30. The Hall–Kier alpha value is -0.800. The summed E-state index contributed by atoms with van der Waals surface area (Å²) in [5, 5.41) is 11.8. The van der Waals surface area contributed by atoms with Gasteiger partial charge in [-0.25, -0.2) is 0 Å². The molecule has 3 heteroatoms. The highest BCUT2D eigenvalue weighted by Gasteiger charge is 2.05. The van der Waals surface area contributed by atoms with E-state index in [4.69, 9.17) is 5.11 Å². The van der Waals surface area contributed by atoms with E-state index in [-0.39, 0.29) is 12.6 Å². The Morgan fingerprint density at radius 3 is 3.00 bits per heavy atom. The highest BCUT2D eigenvalue weighted by atomic mass is 16.3. The Morgan fingerprint density at radius 2 is 2.60 bits per heavy atom. The van der Waals surface area contributed by atoms with Crippen molar-refractivity contribution in [3.63, 3.8) is 0 Å². The van der Waals surface area contributed by atoms with E-state index in [0.29, 0.717) is 0 Å². The monoisotopic (exact) mass is 140 g/mol. The second-order valence-corrected chi connectivity index (χ2v) is 2.15. The third-order valence-corrected chi connectivity index (χ3v) is 1.53. The number of hydrogen-bond acceptors (Lipinski definition) is 2. The molecule has 3 N–H and O–H groups in total. The number of hydrogen-bond donors (Lipinski definition) is 3. The normalized spacial score (nSPS) is 13.4. The summed E-state index contributed by atoms with van der Waals surface area (Å²) in [6.45, 7) is 0.122. The minimum absolute atomic E-state index is 0.0370. The average Bonchev–Trinajstić information content (AvgIpc) is 2.43. The van der Waals surface area contributed by atoms with Gasteiger partial charge in [0, 0.05) is 11.9 Å². The van der Waals surface area contributed by atoms with Crippen molar-refractivity contribution in [1.29, 1.82) is 0 Å². The molecule has 1 atom stereocenters. The molecule has 1 heterocycles. The minimum Gasteiger partial charge on any atom is -0.394 e. The molecule has 0 aliphatic carbocycles. The SMILES string of the molecule is CN[C@H](CO)c1ccc[nH]1. The third kappa shape index (κ3) is 1.37. The molecule has 0 saturated heterocycles. The number of nitrogens with one attached hydrogen (secondary N) is 2. The summed E-state index contributed by atoms with van der Waals surface area (Å²) < 4.78 is 0. The summed E-state index contributed by atoms with van der Waals surface area (Å²) in [5.41, 5.74) is 1.02. The van der Waals surface area contributed by atoms with E-state index in [0.717, 1.165) is 5.69 Å². The standard InChI is InChI=1S/C7H12N2O/c1-8-7(5-10)6-3-2-4-9-6/h2-4,7-10H,5H2,1H3/t7-/m1/s1. The molecule has 0 unspecified atom stereocenters. The molecule has 0 spiro atoms.